The number of rotatable bonds is 7. The van der Waals surface area contributed by atoms with E-state index >= 15 is 0 Å². The summed E-state index contributed by atoms with van der Waals surface area (Å²) in [4.78, 5) is 14.8. The predicted octanol–water partition coefficient (Wildman–Crippen LogP) is 3.36. The van der Waals surface area contributed by atoms with Crippen molar-refractivity contribution in [3.8, 4) is 0 Å². The minimum Gasteiger partial charge on any atom is -0.372 e. The molecule has 8 heteroatoms. The average molecular weight is 527 g/mol. The molecule has 1 saturated heterocycles. The molecule has 0 aromatic heterocycles. The number of hydrogen-bond acceptors (Lipinski definition) is 4. The second kappa shape index (κ2) is 9.80. The Balaban J connectivity index is 1.58. The van der Waals surface area contributed by atoms with E-state index in [-0.39, 0.29) is 12.5 Å². The summed E-state index contributed by atoms with van der Waals surface area (Å²) in [6, 6.07) is 15.2. The molecule has 0 atom stereocenters. The van der Waals surface area contributed by atoms with E-state index in [2.05, 4.69) is 44.9 Å². The molecule has 29 heavy (non-hydrogen) atoms. The number of halogens is 1. The van der Waals surface area contributed by atoms with Gasteiger partial charge < -0.3 is 10.2 Å². The summed E-state index contributed by atoms with van der Waals surface area (Å²) in [6.07, 6.45) is 4.87. The summed E-state index contributed by atoms with van der Waals surface area (Å²) in [7, 11) is -3.56. The van der Waals surface area contributed by atoms with Crippen LogP contribution in [0.25, 0.3) is 0 Å². The Morgan fingerprint density at radius 2 is 1.66 bits per heavy atom. The number of carbonyl (C=O) groups excluding carboxylic acids is 1. The maximum atomic E-state index is 12.4. The fourth-order valence-electron chi connectivity index (χ4n) is 3.37. The number of hydrogen-bond donors (Lipinski definition) is 1. The van der Waals surface area contributed by atoms with Gasteiger partial charge in [-0.3, -0.25) is 9.10 Å². The van der Waals surface area contributed by atoms with Crippen molar-refractivity contribution < 1.29 is 13.2 Å². The van der Waals surface area contributed by atoms with Crippen molar-refractivity contribution in [2.45, 2.75) is 25.8 Å². The molecular formula is C21H26IN3O3S. The molecule has 3 rings (SSSR count). The van der Waals surface area contributed by atoms with Gasteiger partial charge in [0.25, 0.3) is 0 Å². The largest absolute Gasteiger partial charge is 0.372 e. The molecule has 2 aromatic rings. The Labute approximate surface area is 186 Å². The molecule has 156 valence electrons. The Morgan fingerprint density at radius 1 is 1.03 bits per heavy atom. The number of nitrogens with zero attached hydrogens (tertiary/aromatic N) is 2. The first kappa shape index (κ1) is 21.9. The smallest absolute Gasteiger partial charge is 0.241 e. The van der Waals surface area contributed by atoms with Crippen LogP contribution >= 0.6 is 22.6 Å². The zero-order valence-corrected chi connectivity index (χ0v) is 19.4. The summed E-state index contributed by atoms with van der Waals surface area (Å²) in [6.45, 7) is 2.31. The van der Waals surface area contributed by atoms with E-state index in [1.807, 2.05) is 24.3 Å². The highest BCUT2D eigenvalue weighted by atomic mass is 127. The Morgan fingerprint density at radius 3 is 2.24 bits per heavy atom. The number of nitrogens with one attached hydrogen (secondary N) is 1. The van der Waals surface area contributed by atoms with Crippen molar-refractivity contribution in [1.29, 1.82) is 0 Å². The quantitative estimate of drug-likeness (QED) is 0.561. The van der Waals surface area contributed by atoms with Gasteiger partial charge >= 0.3 is 0 Å². The van der Waals surface area contributed by atoms with E-state index in [0.29, 0.717) is 12.2 Å². The van der Waals surface area contributed by atoms with Gasteiger partial charge in [-0.2, -0.15) is 0 Å². The molecule has 2 aromatic carbocycles. The van der Waals surface area contributed by atoms with Crippen molar-refractivity contribution >= 4 is 49.9 Å². The second-order valence-corrected chi connectivity index (χ2v) is 10.4. The Bertz CT molecular complexity index is 925. The van der Waals surface area contributed by atoms with Crippen LogP contribution < -0.4 is 14.5 Å². The van der Waals surface area contributed by atoms with Gasteiger partial charge in [0, 0.05) is 28.9 Å². The van der Waals surface area contributed by atoms with E-state index in [1.54, 1.807) is 12.1 Å². The molecule has 1 fully saturated rings. The first-order chi connectivity index (χ1) is 13.8. The molecule has 0 spiro atoms. The van der Waals surface area contributed by atoms with Crippen molar-refractivity contribution in [2.24, 2.45) is 0 Å². The molecule has 1 aliphatic heterocycles. The van der Waals surface area contributed by atoms with Gasteiger partial charge in [-0.05, 0) is 83.8 Å². The van der Waals surface area contributed by atoms with E-state index in [4.69, 9.17) is 0 Å². The van der Waals surface area contributed by atoms with Gasteiger partial charge in [0.1, 0.15) is 6.54 Å². The Kier molecular flexibility index (Phi) is 7.39. The highest BCUT2D eigenvalue weighted by molar-refractivity contribution is 14.1. The van der Waals surface area contributed by atoms with Crippen molar-refractivity contribution in [3.63, 3.8) is 0 Å². The third kappa shape index (κ3) is 6.33. The molecule has 0 saturated carbocycles. The van der Waals surface area contributed by atoms with Crippen LogP contribution in [0.5, 0.6) is 0 Å². The normalized spacial score (nSPS) is 14.5. The lowest BCUT2D eigenvalue weighted by Gasteiger charge is -2.28. The van der Waals surface area contributed by atoms with E-state index in [9.17, 15) is 13.2 Å². The fourth-order valence-corrected chi connectivity index (χ4v) is 4.59. The molecule has 0 aliphatic carbocycles. The third-order valence-electron chi connectivity index (χ3n) is 4.95. The lowest BCUT2D eigenvalue weighted by molar-refractivity contribution is -0.119. The highest BCUT2D eigenvalue weighted by Gasteiger charge is 2.20. The van der Waals surface area contributed by atoms with Crippen molar-refractivity contribution in [3.05, 3.63) is 57.7 Å². The van der Waals surface area contributed by atoms with Crippen molar-refractivity contribution in [1.82, 2.24) is 5.32 Å². The van der Waals surface area contributed by atoms with Gasteiger partial charge in [0.2, 0.25) is 15.9 Å². The minimum absolute atomic E-state index is 0.245. The number of anilines is 2. The van der Waals surface area contributed by atoms with E-state index in [1.165, 1.54) is 24.9 Å². The van der Waals surface area contributed by atoms with Crippen LogP contribution in [0.3, 0.4) is 0 Å². The first-order valence-electron chi connectivity index (χ1n) is 9.67. The average Bonchev–Trinajstić information content (AvgIpc) is 2.71. The lowest BCUT2D eigenvalue weighted by Crippen LogP contribution is -2.40. The zero-order chi connectivity index (χ0) is 20.9. The van der Waals surface area contributed by atoms with Gasteiger partial charge in [-0.25, -0.2) is 8.42 Å². The summed E-state index contributed by atoms with van der Waals surface area (Å²) in [5.41, 5.74) is 2.68. The third-order valence-corrected chi connectivity index (χ3v) is 6.81. The highest BCUT2D eigenvalue weighted by Crippen LogP contribution is 2.21. The topological polar surface area (TPSA) is 69.7 Å². The molecule has 0 bridgehead atoms. The minimum atomic E-state index is -3.56. The van der Waals surface area contributed by atoms with Crippen LogP contribution in [0.2, 0.25) is 0 Å². The Hall–Kier alpha value is -1.81. The summed E-state index contributed by atoms with van der Waals surface area (Å²) < 4.78 is 26.4. The van der Waals surface area contributed by atoms with Crippen LogP contribution in [-0.2, 0) is 21.4 Å². The van der Waals surface area contributed by atoms with Crippen LogP contribution in [0, 0.1) is 3.57 Å². The predicted molar refractivity (Wildman–Crippen MR) is 126 cm³/mol. The summed E-state index contributed by atoms with van der Waals surface area (Å²) in [5.74, 6) is -0.339. The number of piperidine rings is 1. The zero-order valence-electron chi connectivity index (χ0n) is 16.5. The van der Waals surface area contributed by atoms with Gasteiger partial charge in [-0.15, -0.1) is 0 Å². The standard InChI is InChI=1S/C21H26IN3O3S/c1-29(27,28)25(20-11-7-18(22)8-12-20)16-21(26)23-15-17-5-9-19(10-6-17)24-13-3-2-4-14-24/h5-12H,2-4,13-16H2,1H3,(H,23,26). The molecule has 1 amide bonds. The molecular weight excluding hydrogens is 501 g/mol. The molecule has 6 nitrogen and oxygen atoms in total. The lowest BCUT2D eigenvalue weighted by atomic mass is 10.1. The molecule has 1 aliphatic rings. The first-order valence-corrected chi connectivity index (χ1v) is 12.6. The maximum absolute atomic E-state index is 12.4. The number of amides is 1. The number of sulfonamides is 1. The molecule has 1 heterocycles. The second-order valence-electron chi connectivity index (χ2n) is 7.24. The van der Waals surface area contributed by atoms with Crippen LogP contribution in [0.1, 0.15) is 24.8 Å². The SMILES string of the molecule is CS(=O)(=O)N(CC(=O)NCc1ccc(N2CCCCC2)cc1)c1ccc(I)cc1. The van der Waals surface area contributed by atoms with Gasteiger partial charge in [0.05, 0.1) is 11.9 Å². The number of benzene rings is 2. The van der Waals surface area contributed by atoms with Crippen LogP contribution in [-0.4, -0.2) is 40.2 Å². The van der Waals surface area contributed by atoms with Crippen LogP contribution in [0.15, 0.2) is 48.5 Å². The molecule has 1 N–H and O–H groups in total. The molecule has 0 unspecified atom stereocenters. The van der Waals surface area contributed by atoms with E-state index in [0.717, 1.165) is 32.8 Å². The maximum Gasteiger partial charge on any atom is 0.241 e. The molecule has 0 radical (unpaired) electrons. The monoisotopic (exact) mass is 527 g/mol. The van der Waals surface area contributed by atoms with Gasteiger partial charge in [-0.1, -0.05) is 12.1 Å². The van der Waals surface area contributed by atoms with Crippen molar-refractivity contribution in [2.75, 3.05) is 35.1 Å². The number of carbonyl (C=O) groups is 1. The van der Waals surface area contributed by atoms with Gasteiger partial charge in [0.15, 0.2) is 0 Å². The summed E-state index contributed by atoms with van der Waals surface area (Å²) >= 11 is 2.15. The van der Waals surface area contributed by atoms with E-state index < -0.39 is 10.0 Å². The summed E-state index contributed by atoms with van der Waals surface area (Å²) in [5, 5.41) is 2.82. The van der Waals surface area contributed by atoms with Crippen LogP contribution in [0.4, 0.5) is 11.4 Å². The fraction of sp³-hybridized carbons (Fsp3) is 0.381.